The van der Waals surface area contributed by atoms with E-state index >= 15 is 0 Å². The van der Waals surface area contributed by atoms with E-state index in [1.165, 1.54) is 12.1 Å². The summed E-state index contributed by atoms with van der Waals surface area (Å²) in [5.74, 6) is 0. The van der Waals surface area contributed by atoms with Gasteiger partial charge in [-0.15, -0.1) is 0 Å². The minimum absolute atomic E-state index is 0.0710. The molecule has 0 aliphatic rings. The summed E-state index contributed by atoms with van der Waals surface area (Å²) in [6.07, 6.45) is 0. The molecule has 74 valence electrons. The van der Waals surface area contributed by atoms with Crippen molar-refractivity contribution in [2.24, 2.45) is 5.73 Å². The number of nitrogens with zero attached hydrogens (tertiary/aromatic N) is 1. The van der Waals surface area contributed by atoms with Crippen molar-refractivity contribution in [3.8, 4) is 0 Å². The summed E-state index contributed by atoms with van der Waals surface area (Å²) in [6, 6.07) is 3.79. The lowest BCUT2D eigenvalue weighted by atomic mass is 9.77. The van der Waals surface area contributed by atoms with Crippen LogP contribution in [0, 0.1) is 10.1 Å². The number of nitro groups is 1. The topological polar surface area (TPSA) is 110 Å². The molecule has 1 aromatic carbocycles. The molecule has 0 saturated heterocycles. The Hall–Kier alpha value is -1.44. The van der Waals surface area contributed by atoms with Crippen LogP contribution in [0.2, 0.25) is 0 Å². The average Bonchev–Trinajstić information content (AvgIpc) is 2.16. The maximum atomic E-state index is 10.4. The van der Waals surface area contributed by atoms with Gasteiger partial charge in [-0.1, -0.05) is 6.07 Å². The maximum Gasteiger partial charge on any atom is 0.489 e. The van der Waals surface area contributed by atoms with Crippen molar-refractivity contribution >= 4 is 18.3 Å². The second-order valence-electron chi connectivity index (χ2n) is 2.72. The van der Waals surface area contributed by atoms with Crippen LogP contribution in [0.15, 0.2) is 18.2 Å². The third-order valence-electron chi connectivity index (χ3n) is 1.84. The molecule has 0 aliphatic carbocycles. The molecule has 6 nitrogen and oxygen atoms in total. The van der Waals surface area contributed by atoms with Crippen LogP contribution in [-0.2, 0) is 6.54 Å². The molecule has 0 amide bonds. The van der Waals surface area contributed by atoms with Gasteiger partial charge in [-0.2, -0.15) is 0 Å². The molecule has 0 radical (unpaired) electrons. The standard InChI is InChI=1S/C7H9BN2O4/c9-4-5-1-2-6(10(13)14)3-7(5)8(11)12/h1-3,11-12H,4,9H2. The van der Waals surface area contributed by atoms with E-state index in [2.05, 4.69) is 0 Å². The molecule has 14 heavy (non-hydrogen) atoms. The van der Waals surface area contributed by atoms with Crippen molar-refractivity contribution in [3.63, 3.8) is 0 Å². The van der Waals surface area contributed by atoms with Crippen molar-refractivity contribution in [2.75, 3.05) is 0 Å². The normalized spacial score (nSPS) is 9.93. The van der Waals surface area contributed by atoms with E-state index in [1.807, 2.05) is 0 Å². The lowest BCUT2D eigenvalue weighted by molar-refractivity contribution is -0.384. The van der Waals surface area contributed by atoms with Gasteiger partial charge < -0.3 is 15.8 Å². The molecule has 0 saturated carbocycles. The molecule has 1 rings (SSSR count). The first kappa shape index (κ1) is 10.6. The third kappa shape index (κ3) is 2.08. The van der Waals surface area contributed by atoms with E-state index in [0.29, 0.717) is 5.56 Å². The number of rotatable bonds is 3. The Labute approximate surface area is 80.3 Å². The van der Waals surface area contributed by atoms with Crippen LogP contribution in [-0.4, -0.2) is 22.1 Å². The predicted molar refractivity (Wildman–Crippen MR) is 50.8 cm³/mol. The Balaban J connectivity index is 3.20. The van der Waals surface area contributed by atoms with Crippen LogP contribution in [0.4, 0.5) is 5.69 Å². The third-order valence-corrected chi connectivity index (χ3v) is 1.84. The predicted octanol–water partition coefficient (Wildman–Crippen LogP) is -1.27. The van der Waals surface area contributed by atoms with Gasteiger partial charge in [0.25, 0.3) is 5.69 Å². The molecule has 0 aromatic heterocycles. The fourth-order valence-corrected chi connectivity index (χ4v) is 1.12. The summed E-state index contributed by atoms with van der Waals surface area (Å²) in [5, 5.41) is 28.2. The lowest BCUT2D eigenvalue weighted by Crippen LogP contribution is -2.34. The Bertz CT molecular complexity index is 356. The summed E-state index contributed by atoms with van der Waals surface area (Å²) in [4.78, 5) is 9.78. The Morgan fingerprint density at radius 1 is 1.50 bits per heavy atom. The molecule has 0 heterocycles. The summed E-state index contributed by atoms with van der Waals surface area (Å²) in [5.41, 5.74) is 5.68. The fraction of sp³-hybridized carbons (Fsp3) is 0.143. The van der Waals surface area contributed by atoms with Gasteiger partial charge in [0.1, 0.15) is 0 Å². The quantitative estimate of drug-likeness (QED) is 0.317. The monoisotopic (exact) mass is 196 g/mol. The van der Waals surface area contributed by atoms with E-state index in [9.17, 15) is 10.1 Å². The SMILES string of the molecule is NCc1ccc([N+](=O)[O-])cc1B(O)O. The highest BCUT2D eigenvalue weighted by molar-refractivity contribution is 6.59. The number of hydrogen-bond donors (Lipinski definition) is 3. The maximum absolute atomic E-state index is 10.4. The zero-order valence-corrected chi connectivity index (χ0v) is 7.25. The molecule has 0 unspecified atom stereocenters. The highest BCUT2D eigenvalue weighted by Gasteiger charge is 2.18. The molecule has 0 aliphatic heterocycles. The van der Waals surface area contributed by atoms with Gasteiger partial charge in [0, 0.05) is 18.7 Å². The lowest BCUT2D eigenvalue weighted by Gasteiger charge is -2.05. The van der Waals surface area contributed by atoms with Gasteiger partial charge in [0.2, 0.25) is 0 Å². The van der Waals surface area contributed by atoms with Crippen LogP contribution in [0.3, 0.4) is 0 Å². The minimum Gasteiger partial charge on any atom is -0.423 e. The Kier molecular flexibility index (Phi) is 3.18. The van der Waals surface area contributed by atoms with Crippen molar-refractivity contribution in [1.82, 2.24) is 0 Å². The fourth-order valence-electron chi connectivity index (χ4n) is 1.12. The van der Waals surface area contributed by atoms with Gasteiger partial charge >= 0.3 is 7.12 Å². The highest BCUT2D eigenvalue weighted by Crippen LogP contribution is 2.10. The van der Waals surface area contributed by atoms with Crippen LogP contribution < -0.4 is 11.2 Å². The first-order valence-electron chi connectivity index (χ1n) is 3.89. The number of benzene rings is 1. The Morgan fingerprint density at radius 3 is 2.57 bits per heavy atom. The van der Waals surface area contributed by atoms with E-state index in [0.717, 1.165) is 6.07 Å². The summed E-state index contributed by atoms with van der Waals surface area (Å²) < 4.78 is 0. The molecule has 0 atom stereocenters. The summed E-state index contributed by atoms with van der Waals surface area (Å²) in [6.45, 7) is 0.102. The van der Waals surface area contributed by atoms with E-state index in [-0.39, 0.29) is 17.7 Å². The second kappa shape index (κ2) is 4.18. The van der Waals surface area contributed by atoms with Crippen LogP contribution in [0.5, 0.6) is 0 Å². The van der Waals surface area contributed by atoms with Crippen molar-refractivity contribution < 1.29 is 15.0 Å². The zero-order valence-electron chi connectivity index (χ0n) is 7.25. The smallest absolute Gasteiger partial charge is 0.423 e. The van der Waals surface area contributed by atoms with Gasteiger partial charge in [-0.3, -0.25) is 10.1 Å². The largest absolute Gasteiger partial charge is 0.489 e. The number of hydrogen-bond acceptors (Lipinski definition) is 5. The van der Waals surface area contributed by atoms with Crippen molar-refractivity contribution in [1.29, 1.82) is 0 Å². The van der Waals surface area contributed by atoms with Crippen molar-refractivity contribution in [2.45, 2.75) is 6.54 Å². The minimum atomic E-state index is -1.74. The summed E-state index contributed by atoms with van der Waals surface area (Å²) in [7, 11) is -1.74. The number of nitro benzene ring substituents is 1. The first-order valence-corrected chi connectivity index (χ1v) is 3.89. The van der Waals surface area contributed by atoms with Crippen LogP contribution in [0.1, 0.15) is 5.56 Å². The number of non-ortho nitro benzene ring substituents is 1. The van der Waals surface area contributed by atoms with E-state index in [1.54, 1.807) is 0 Å². The average molecular weight is 196 g/mol. The molecule has 0 spiro atoms. The number of nitrogens with two attached hydrogens (primary N) is 1. The molecular formula is C7H9BN2O4. The Morgan fingerprint density at radius 2 is 2.14 bits per heavy atom. The molecular weight excluding hydrogens is 187 g/mol. The molecule has 4 N–H and O–H groups in total. The van der Waals surface area contributed by atoms with E-state index < -0.39 is 12.0 Å². The second-order valence-corrected chi connectivity index (χ2v) is 2.72. The van der Waals surface area contributed by atoms with Gasteiger partial charge in [0.15, 0.2) is 0 Å². The van der Waals surface area contributed by atoms with Crippen LogP contribution in [0.25, 0.3) is 0 Å². The van der Waals surface area contributed by atoms with Gasteiger partial charge in [-0.05, 0) is 11.0 Å². The molecule has 0 bridgehead atoms. The molecule has 7 heteroatoms. The van der Waals surface area contributed by atoms with E-state index in [4.69, 9.17) is 15.8 Å². The van der Waals surface area contributed by atoms with Gasteiger partial charge in [0.05, 0.1) is 4.92 Å². The zero-order chi connectivity index (χ0) is 10.7. The molecule has 0 fully saturated rings. The summed E-state index contributed by atoms with van der Waals surface area (Å²) >= 11 is 0. The van der Waals surface area contributed by atoms with Gasteiger partial charge in [-0.25, -0.2) is 0 Å². The van der Waals surface area contributed by atoms with Crippen LogP contribution >= 0.6 is 0 Å². The highest BCUT2D eigenvalue weighted by atomic mass is 16.6. The first-order chi connectivity index (χ1) is 6.56. The molecule has 1 aromatic rings. The van der Waals surface area contributed by atoms with Crippen molar-refractivity contribution in [3.05, 3.63) is 33.9 Å².